The summed E-state index contributed by atoms with van der Waals surface area (Å²) in [5.74, 6) is 0.0991. The molecule has 0 radical (unpaired) electrons. The fraction of sp³-hybridized carbons (Fsp3) is 0.588. The van der Waals surface area contributed by atoms with Gasteiger partial charge in [-0.25, -0.2) is 0 Å². The van der Waals surface area contributed by atoms with Crippen LogP contribution in [0.5, 0.6) is 0 Å². The summed E-state index contributed by atoms with van der Waals surface area (Å²) < 4.78 is 0. The number of nitrogens with one attached hydrogen (secondary N) is 2. The van der Waals surface area contributed by atoms with E-state index in [1.54, 1.807) is 0 Å². The first-order valence-electron chi connectivity index (χ1n) is 8.17. The second-order valence-electron chi connectivity index (χ2n) is 6.17. The molecular weight excluding hydrogens is 262 g/mol. The molecule has 2 heterocycles. The van der Waals surface area contributed by atoms with Crippen molar-refractivity contribution in [3.05, 3.63) is 29.8 Å². The zero-order chi connectivity index (χ0) is 14.5. The largest absolute Gasteiger partial charge is 0.325 e. The van der Waals surface area contributed by atoms with Crippen molar-refractivity contribution in [2.45, 2.75) is 44.7 Å². The van der Waals surface area contributed by atoms with Crippen molar-refractivity contribution < 1.29 is 4.79 Å². The Morgan fingerprint density at radius 2 is 1.90 bits per heavy atom. The lowest BCUT2D eigenvalue weighted by atomic mass is 10.0. The average Bonchev–Trinajstić information content (AvgIpc) is 3.03. The standard InChI is InChI=1S/C17H25N3O/c21-17(16-5-1-2-10-18-16)19-15-8-6-14(7-9-15)13-20-11-3-4-12-20/h6-9,16,18H,1-5,10-13H2,(H,19,21). The lowest BCUT2D eigenvalue weighted by Gasteiger charge is -2.22. The van der Waals surface area contributed by atoms with Gasteiger partial charge in [0.05, 0.1) is 6.04 Å². The lowest BCUT2D eigenvalue weighted by Crippen LogP contribution is -2.43. The number of nitrogens with zero attached hydrogens (tertiary/aromatic N) is 1. The number of amides is 1. The van der Waals surface area contributed by atoms with Crippen LogP contribution in [-0.2, 0) is 11.3 Å². The third kappa shape index (κ3) is 4.05. The van der Waals surface area contributed by atoms with Crippen molar-refractivity contribution in [3.8, 4) is 0 Å². The monoisotopic (exact) mass is 287 g/mol. The molecule has 2 fully saturated rings. The van der Waals surface area contributed by atoms with Crippen molar-refractivity contribution in [2.24, 2.45) is 0 Å². The highest BCUT2D eigenvalue weighted by Gasteiger charge is 2.20. The molecule has 2 saturated heterocycles. The highest BCUT2D eigenvalue weighted by Crippen LogP contribution is 2.16. The maximum Gasteiger partial charge on any atom is 0.241 e. The van der Waals surface area contributed by atoms with Crippen LogP contribution in [0.2, 0.25) is 0 Å². The van der Waals surface area contributed by atoms with Gasteiger partial charge in [0, 0.05) is 12.2 Å². The molecule has 0 spiro atoms. The van der Waals surface area contributed by atoms with Gasteiger partial charge in [0.15, 0.2) is 0 Å². The van der Waals surface area contributed by atoms with Gasteiger partial charge < -0.3 is 10.6 Å². The van der Waals surface area contributed by atoms with Gasteiger partial charge in [0.25, 0.3) is 0 Å². The number of rotatable bonds is 4. The molecule has 0 aromatic heterocycles. The van der Waals surface area contributed by atoms with Crippen LogP contribution < -0.4 is 10.6 Å². The number of carbonyl (C=O) groups excluding carboxylic acids is 1. The summed E-state index contributed by atoms with van der Waals surface area (Å²) in [5.41, 5.74) is 2.23. The van der Waals surface area contributed by atoms with Gasteiger partial charge in [0.1, 0.15) is 0 Å². The second kappa shape index (κ2) is 7.05. The number of hydrogen-bond acceptors (Lipinski definition) is 3. The molecule has 1 aromatic rings. The number of hydrogen-bond donors (Lipinski definition) is 2. The van der Waals surface area contributed by atoms with Gasteiger partial charge in [-0.2, -0.15) is 0 Å². The van der Waals surface area contributed by atoms with Crippen molar-refractivity contribution in [1.82, 2.24) is 10.2 Å². The van der Waals surface area contributed by atoms with E-state index in [9.17, 15) is 4.79 Å². The summed E-state index contributed by atoms with van der Waals surface area (Å²) in [5, 5.41) is 6.30. The third-order valence-corrected chi connectivity index (χ3v) is 4.45. The van der Waals surface area contributed by atoms with Gasteiger partial charge in [-0.05, 0) is 63.0 Å². The van der Waals surface area contributed by atoms with Crippen LogP contribution in [0.3, 0.4) is 0 Å². The van der Waals surface area contributed by atoms with Gasteiger partial charge in [0.2, 0.25) is 5.91 Å². The van der Waals surface area contributed by atoms with Crippen LogP contribution in [-0.4, -0.2) is 36.5 Å². The molecule has 0 bridgehead atoms. The predicted molar refractivity (Wildman–Crippen MR) is 85.2 cm³/mol. The Labute approximate surface area is 126 Å². The van der Waals surface area contributed by atoms with Gasteiger partial charge in [-0.3, -0.25) is 9.69 Å². The normalized spacial score (nSPS) is 23.1. The lowest BCUT2D eigenvalue weighted by molar-refractivity contribution is -0.118. The van der Waals surface area contributed by atoms with E-state index in [4.69, 9.17) is 0 Å². The number of benzene rings is 1. The second-order valence-corrected chi connectivity index (χ2v) is 6.17. The topological polar surface area (TPSA) is 44.4 Å². The Balaban J connectivity index is 1.52. The van der Waals surface area contributed by atoms with E-state index in [0.29, 0.717) is 0 Å². The van der Waals surface area contributed by atoms with E-state index in [-0.39, 0.29) is 11.9 Å². The van der Waals surface area contributed by atoms with E-state index < -0.39 is 0 Å². The van der Waals surface area contributed by atoms with Crippen LogP contribution in [0.4, 0.5) is 5.69 Å². The summed E-state index contributed by atoms with van der Waals surface area (Å²) in [6.45, 7) is 4.41. The quantitative estimate of drug-likeness (QED) is 0.893. The van der Waals surface area contributed by atoms with E-state index in [0.717, 1.165) is 31.6 Å². The zero-order valence-electron chi connectivity index (χ0n) is 12.6. The van der Waals surface area contributed by atoms with Crippen LogP contribution in [0, 0.1) is 0 Å². The first-order chi connectivity index (χ1) is 10.3. The number of likely N-dealkylation sites (tertiary alicyclic amines) is 1. The maximum absolute atomic E-state index is 12.1. The predicted octanol–water partition coefficient (Wildman–Crippen LogP) is 2.36. The molecule has 2 aliphatic rings. The SMILES string of the molecule is O=C(Nc1ccc(CN2CCCC2)cc1)C1CCCCN1. The van der Waals surface area contributed by atoms with Crippen molar-refractivity contribution in [3.63, 3.8) is 0 Å². The summed E-state index contributed by atoms with van der Waals surface area (Å²) in [6, 6.07) is 8.27. The maximum atomic E-state index is 12.1. The van der Waals surface area contributed by atoms with Gasteiger partial charge >= 0.3 is 0 Å². The molecule has 21 heavy (non-hydrogen) atoms. The van der Waals surface area contributed by atoms with Crippen LogP contribution in [0.1, 0.15) is 37.7 Å². The Bertz CT molecular complexity index is 459. The fourth-order valence-corrected chi connectivity index (χ4v) is 3.20. The summed E-state index contributed by atoms with van der Waals surface area (Å²) in [7, 11) is 0. The summed E-state index contributed by atoms with van der Waals surface area (Å²) in [6.07, 6.45) is 5.90. The average molecular weight is 287 g/mol. The molecule has 2 aliphatic heterocycles. The van der Waals surface area contributed by atoms with Crippen molar-refractivity contribution in [1.29, 1.82) is 0 Å². The number of piperidine rings is 1. The highest BCUT2D eigenvalue weighted by molar-refractivity contribution is 5.94. The molecule has 4 nitrogen and oxygen atoms in total. The minimum absolute atomic E-state index is 0.0250. The molecular formula is C17H25N3O. The Morgan fingerprint density at radius 3 is 2.57 bits per heavy atom. The molecule has 0 saturated carbocycles. The third-order valence-electron chi connectivity index (χ3n) is 4.45. The van der Waals surface area contributed by atoms with Gasteiger partial charge in [-0.15, -0.1) is 0 Å². The fourth-order valence-electron chi connectivity index (χ4n) is 3.20. The molecule has 3 rings (SSSR count). The molecule has 1 amide bonds. The molecule has 1 atom stereocenters. The molecule has 0 aliphatic carbocycles. The van der Waals surface area contributed by atoms with E-state index in [2.05, 4.69) is 27.7 Å². The van der Waals surface area contributed by atoms with E-state index >= 15 is 0 Å². The number of carbonyl (C=O) groups is 1. The van der Waals surface area contributed by atoms with Gasteiger partial charge in [-0.1, -0.05) is 18.6 Å². The molecule has 1 unspecified atom stereocenters. The van der Waals surface area contributed by atoms with Crippen LogP contribution >= 0.6 is 0 Å². The smallest absolute Gasteiger partial charge is 0.241 e. The minimum atomic E-state index is -0.0250. The molecule has 2 N–H and O–H groups in total. The molecule has 114 valence electrons. The summed E-state index contributed by atoms with van der Waals surface area (Å²) in [4.78, 5) is 14.6. The zero-order valence-corrected chi connectivity index (χ0v) is 12.6. The first kappa shape index (κ1) is 14.5. The minimum Gasteiger partial charge on any atom is -0.325 e. The van der Waals surface area contributed by atoms with Crippen molar-refractivity contribution >= 4 is 11.6 Å². The Kier molecular flexibility index (Phi) is 4.88. The van der Waals surface area contributed by atoms with E-state index in [1.807, 2.05) is 12.1 Å². The van der Waals surface area contributed by atoms with Crippen molar-refractivity contribution in [2.75, 3.05) is 25.0 Å². The summed E-state index contributed by atoms with van der Waals surface area (Å²) >= 11 is 0. The first-order valence-corrected chi connectivity index (χ1v) is 8.17. The molecule has 4 heteroatoms. The Morgan fingerprint density at radius 1 is 1.14 bits per heavy atom. The molecule has 1 aromatic carbocycles. The van der Waals surface area contributed by atoms with E-state index in [1.165, 1.54) is 37.9 Å². The van der Waals surface area contributed by atoms with Crippen LogP contribution in [0.15, 0.2) is 24.3 Å². The highest BCUT2D eigenvalue weighted by atomic mass is 16.2. The van der Waals surface area contributed by atoms with Crippen LogP contribution in [0.25, 0.3) is 0 Å². The Hall–Kier alpha value is -1.39. The number of anilines is 1.